The molecule has 0 aromatic carbocycles. The summed E-state index contributed by atoms with van der Waals surface area (Å²) in [7, 11) is 2.26. The van der Waals surface area contributed by atoms with Gasteiger partial charge in [0.25, 0.3) is 0 Å². The number of likely N-dealkylation sites (tertiary alicyclic amines) is 1. The fourth-order valence-electron chi connectivity index (χ4n) is 8.59. The summed E-state index contributed by atoms with van der Waals surface area (Å²) >= 11 is 0. The molecule has 4 rings (SSSR count). The molecular formula is C27H45NO. The molecule has 4 aliphatic rings. The monoisotopic (exact) mass is 399 g/mol. The van der Waals surface area contributed by atoms with Crippen molar-refractivity contribution in [2.45, 2.75) is 92.4 Å². The third-order valence-electron chi connectivity index (χ3n) is 10.1. The van der Waals surface area contributed by atoms with Gasteiger partial charge in [-0.05, 0) is 73.0 Å². The summed E-state index contributed by atoms with van der Waals surface area (Å²) in [6, 6.07) is 0. The van der Waals surface area contributed by atoms with E-state index in [4.69, 9.17) is 0 Å². The minimum Gasteiger partial charge on any atom is -0.377 e. The van der Waals surface area contributed by atoms with E-state index in [-0.39, 0.29) is 5.41 Å². The van der Waals surface area contributed by atoms with E-state index in [0.717, 1.165) is 48.3 Å². The lowest BCUT2D eigenvalue weighted by Crippen LogP contribution is -2.57. The highest BCUT2D eigenvalue weighted by Gasteiger charge is 2.60. The number of carbonyl (C=O) groups is 1. The van der Waals surface area contributed by atoms with E-state index in [1.807, 2.05) is 6.08 Å². The van der Waals surface area contributed by atoms with Crippen molar-refractivity contribution in [3.8, 4) is 0 Å². The Morgan fingerprint density at radius 1 is 1.07 bits per heavy atom. The second-order valence-electron chi connectivity index (χ2n) is 12.2. The van der Waals surface area contributed by atoms with Gasteiger partial charge in [0.15, 0.2) is 5.78 Å². The van der Waals surface area contributed by atoms with Gasteiger partial charge in [-0.3, -0.25) is 4.79 Å². The van der Waals surface area contributed by atoms with E-state index >= 15 is 0 Å². The summed E-state index contributed by atoms with van der Waals surface area (Å²) in [6.45, 7) is 13.6. The Hall–Kier alpha value is -0.790. The number of piperidine rings is 1. The quantitative estimate of drug-likeness (QED) is 0.512. The summed E-state index contributed by atoms with van der Waals surface area (Å²) < 4.78 is 0. The lowest BCUT2D eigenvalue weighted by Gasteiger charge is -2.60. The van der Waals surface area contributed by atoms with Gasteiger partial charge in [-0.1, -0.05) is 53.9 Å². The van der Waals surface area contributed by atoms with E-state index < -0.39 is 0 Å². The zero-order valence-corrected chi connectivity index (χ0v) is 20.0. The fraction of sp³-hybridized carbons (Fsp3) is 0.889. The maximum absolute atomic E-state index is 12.1. The Bertz CT molecular complexity index is 665. The summed E-state index contributed by atoms with van der Waals surface area (Å²) in [6.07, 6.45) is 13.7. The standard InChI is InChI=1S/C27H45NO/c1-18(2)8-7-9-19(3)22-10-11-23-21-17-28(6)25-16-20(29)12-14-27(25,5)24(21)13-15-26(22,23)4/h16,18-19,21-24H,7-15,17H2,1-6H3/t19-,21+,22-,23+,24+,26-,27-/m1/s1. The number of hydrogen-bond acceptors (Lipinski definition) is 2. The Labute approximate surface area is 179 Å². The lowest BCUT2D eigenvalue weighted by atomic mass is 9.49. The molecule has 0 unspecified atom stereocenters. The molecule has 1 saturated heterocycles. The van der Waals surface area contributed by atoms with Crippen LogP contribution in [-0.4, -0.2) is 24.3 Å². The molecule has 2 nitrogen and oxygen atoms in total. The maximum Gasteiger partial charge on any atom is 0.157 e. The van der Waals surface area contributed by atoms with Crippen molar-refractivity contribution in [1.82, 2.24) is 4.90 Å². The average Bonchev–Trinajstić information content (AvgIpc) is 3.00. The highest BCUT2D eigenvalue weighted by molar-refractivity contribution is 5.91. The van der Waals surface area contributed by atoms with Crippen LogP contribution in [0.1, 0.15) is 92.4 Å². The number of nitrogens with zero attached hydrogens (tertiary/aromatic N) is 1. The Kier molecular flexibility index (Phi) is 5.71. The predicted molar refractivity (Wildman–Crippen MR) is 121 cm³/mol. The van der Waals surface area contributed by atoms with Gasteiger partial charge < -0.3 is 4.90 Å². The third kappa shape index (κ3) is 3.51. The van der Waals surface area contributed by atoms with Crippen molar-refractivity contribution in [3.05, 3.63) is 11.8 Å². The molecule has 1 heterocycles. The van der Waals surface area contributed by atoms with E-state index in [9.17, 15) is 4.79 Å². The van der Waals surface area contributed by atoms with Crippen LogP contribution in [0.2, 0.25) is 0 Å². The molecule has 3 fully saturated rings. The van der Waals surface area contributed by atoms with Crippen LogP contribution >= 0.6 is 0 Å². The van der Waals surface area contributed by atoms with Crippen molar-refractivity contribution >= 4 is 5.78 Å². The van der Waals surface area contributed by atoms with E-state index in [2.05, 4.69) is 46.6 Å². The molecule has 0 aromatic rings. The number of hydrogen-bond donors (Lipinski definition) is 0. The van der Waals surface area contributed by atoms with Crippen LogP contribution in [0.15, 0.2) is 11.8 Å². The zero-order valence-electron chi connectivity index (χ0n) is 20.0. The summed E-state index contributed by atoms with van der Waals surface area (Å²) in [5.41, 5.74) is 2.13. The van der Waals surface area contributed by atoms with Crippen molar-refractivity contribution in [2.24, 2.45) is 46.3 Å². The largest absolute Gasteiger partial charge is 0.377 e. The number of carbonyl (C=O) groups excluding carboxylic acids is 1. The smallest absolute Gasteiger partial charge is 0.157 e. The van der Waals surface area contributed by atoms with Gasteiger partial charge in [-0.2, -0.15) is 0 Å². The molecule has 0 radical (unpaired) electrons. The average molecular weight is 400 g/mol. The molecule has 29 heavy (non-hydrogen) atoms. The first-order valence-electron chi connectivity index (χ1n) is 12.6. The van der Waals surface area contributed by atoms with Crippen molar-refractivity contribution in [3.63, 3.8) is 0 Å². The van der Waals surface area contributed by atoms with Gasteiger partial charge in [0, 0.05) is 37.2 Å². The molecule has 0 aromatic heterocycles. The van der Waals surface area contributed by atoms with Crippen molar-refractivity contribution in [1.29, 1.82) is 0 Å². The molecule has 0 bridgehead atoms. The molecule has 0 N–H and O–H groups in total. The second-order valence-corrected chi connectivity index (χ2v) is 12.2. The molecule has 2 saturated carbocycles. The second kappa shape index (κ2) is 7.72. The van der Waals surface area contributed by atoms with E-state index in [0.29, 0.717) is 11.2 Å². The molecule has 3 aliphatic carbocycles. The first-order valence-corrected chi connectivity index (χ1v) is 12.6. The van der Waals surface area contributed by atoms with Crippen molar-refractivity contribution in [2.75, 3.05) is 13.6 Å². The van der Waals surface area contributed by atoms with Gasteiger partial charge in [0.2, 0.25) is 0 Å². The molecule has 1 aliphatic heterocycles. The van der Waals surface area contributed by atoms with Crippen LogP contribution in [0.4, 0.5) is 0 Å². The van der Waals surface area contributed by atoms with Crippen molar-refractivity contribution < 1.29 is 4.79 Å². The fourth-order valence-corrected chi connectivity index (χ4v) is 8.59. The van der Waals surface area contributed by atoms with Gasteiger partial charge in [0.1, 0.15) is 0 Å². The lowest BCUT2D eigenvalue weighted by molar-refractivity contribution is -0.119. The Balaban J connectivity index is 1.53. The van der Waals surface area contributed by atoms with Crippen LogP contribution in [0.25, 0.3) is 0 Å². The molecule has 164 valence electrons. The highest BCUT2D eigenvalue weighted by Crippen LogP contribution is 2.66. The first-order chi connectivity index (χ1) is 13.7. The summed E-state index contributed by atoms with van der Waals surface area (Å²) in [5, 5.41) is 0. The Morgan fingerprint density at radius 3 is 2.55 bits per heavy atom. The zero-order chi connectivity index (χ0) is 21.0. The molecular weight excluding hydrogens is 354 g/mol. The first kappa shape index (κ1) is 21.4. The van der Waals surface area contributed by atoms with Crippen LogP contribution in [0.5, 0.6) is 0 Å². The third-order valence-corrected chi connectivity index (χ3v) is 10.1. The molecule has 0 amide bonds. The summed E-state index contributed by atoms with van der Waals surface area (Å²) in [5.74, 6) is 5.47. The molecule has 0 spiro atoms. The van der Waals surface area contributed by atoms with Gasteiger partial charge in [0.05, 0.1) is 0 Å². The summed E-state index contributed by atoms with van der Waals surface area (Å²) in [4.78, 5) is 14.6. The SMILES string of the molecule is CC(C)CCC[C@@H](C)[C@H]1CC[C@H]2[C@@H]3CN(C)C4=CC(=O)CC[C@]4(C)[C@H]3CC[C@]12C. The number of allylic oxidation sites excluding steroid dienone is 2. The number of fused-ring (bicyclic) bond motifs is 5. The van der Waals surface area contributed by atoms with Gasteiger partial charge in [-0.25, -0.2) is 0 Å². The molecule has 7 atom stereocenters. The maximum atomic E-state index is 12.1. The molecule has 2 heteroatoms. The minimum atomic E-state index is 0.230. The normalized spacial score (nSPS) is 42.9. The number of ketones is 1. The van der Waals surface area contributed by atoms with E-state index in [1.54, 1.807) is 0 Å². The van der Waals surface area contributed by atoms with Crippen LogP contribution in [-0.2, 0) is 4.79 Å². The topological polar surface area (TPSA) is 20.3 Å². The number of rotatable bonds is 5. The van der Waals surface area contributed by atoms with Crippen LogP contribution in [0.3, 0.4) is 0 Å². The highest BCUT2D eigenvalue weighted by atomic mass is 16.1. The Morgan fingerprint density at radius 2 is 1.83 bits per heavy atom. The van der Waals surface area contributed by atoms with Crippen LogP contribution < -0.4 is 0 Å². The van der Waals surface area contributed by atoms with Crippen LogP contribution in [0, 0.1) is 46.3 Å². The van der Waals surface area contributed by atoms with E-state index in [1.165, 1.54) is 57.2 Å². The van der Waals surface area contributed by atoms with Gasteiger partial charge in [-0.15, -0.1) is 0 Å². The minimum absolute atomic E-state index is 0.230. The predicted octanol–water partition coefficient (Wildman–Crippen LogP) is 6.71. The van der Waals surface area contributed by atoms with Gasteiger partial charge >= 0.3 is 0 Å².